The summed E-state index contributed by atoms with van der Waals surface area (Å²) >= 11 is 3.34. The SMILES string of the molecule is COC1(c2noc(-c3cc(=O)c4cc(Br)ccc4o3)n2)CCC1. The first-order chi connectivity index (χ1) is 11.1. The Labute approximate surface area is 139 Å². The van der Waals surface area contributed by atoms with E-state index in [1.54, 1.807) is 19.2 Å². The Bertz CT molecular complexity index is 937. The fraction of sp³-hybridized carbons (Fsp3) is 0.312. The van der Waals surface area contributed by atoms with Gasteiger partial charge in [-0.1, -0.05) is 21.1 Å². The van der Waals surface area contributed by atoms with Crippen molar-refractivity contribution in [3.05, 3.63) is 44.8 Å². The molecule has 3 aromatic rings. The van der Waals surface area contributed by atoms with Crippen LogP contribution in [0, 0.1) is 0 Å². The first kappa shape index (κ1) is 14.6. The zero-order valence-electron chi connectivity index (χ0n) is 12.3. The minimum Gasteiger partial charge on any atom is -0.451 e. The summed E-state index contributed by atoms with van der Waals surface area (Å²) in [4.78, 5) is 16.6. The lowest BCUT2D eigenvalue weighted by Crippen LogP contribution is -2.37. The number of benzene rings is 1. The molecule has 0 atom stereocenters. The van der Waals surface area contributed by atoms with E-state index in [9.17, 15) is 4.79 Å². The van der Waals surface area contributed by atoms with Gasteiger partial charge in [0.25, 0.3) is 5.89 Å². The van der Waals surface area contributed by atoms with E-state index in [0.29, 0.717) is 16.8 Å². The lowest BCUT2D eigenvalue weighted by molar-refractivity contribution is -0.0858. The predicted molar refractivity (Wildman–Crippen MR) is 86.0 cm³/mol. The molecule has 1 aliphatic carbocycles. The molecule has 0 spiro atoms. The average Bonchev–Trinajstić information content (AvgIpc) is 2.97. The van der Waals surface area contributed by atoms with Crippen molar-refractivity contribution in [2.75, 3.05) is 7.11 Å². The summed E-state index contributed by atoms with van der Waals surface area (Å²) in [5, 5.41) is 4.50. The lowest BCUT2D eigenvalue weighted by atomic mass is 9.79. The average molecular weight is 377 g/mol. The van der Waals surface area contributed by atoms with Crippen LogP contribution in [0.1, 0.15) is 25.1 Å². The van der Waals surface area contributed by atoms with Gasteiger partial charge in [0.1, 0.15) is 11.2 Å². The summed E-state index contributed by atoms with van der Waals surface area (Å²) in [6.45, 7) is 0. The zero-order chi connectivity index (χ0) is 16.0. The fourth-order valence-electron chi connectivity index (χ4n) is 2.76. The van der Waals surface area contributed by atoms with Crippen molar-refractivity contribution in [3.8, 4) is 11.7 Å². The van der Waals surface area contributed by atoms with Gasteiger partial charge in [0, 0.05) is 17.6 Å². The predicted octanol–water partition coefficient (Wildman–Crippen LogP) is 3.63. The third kappa shape index (κ3) is 2.31. The molecule has 0 saturated heterocycles. The Hall–Kier alpha value is -1.99. The van der Waals surface area contributed by atoms with Gasteiger partial charge < -0.3 is 13.7 Å². The van der Waals surface area contributed by atoms with Crippen molar-refractivity contribution in [3.63, 3.8) is 0 Å². The van der Waals surface area contributed by atoms with Crippen molar-refractivity contribution in [1.29, 1.82) is 0 Å². The molecular weight excluding hydrogens is 364 g/mol. The minimum atomic E-state index is -0.468. The minimum absolute atomic E-state index is 0.160. The van der Waals surface area contributed by atoms with Gasteiger partial charge in [-0.25, -0.2) is 0 Å². The second-order valence-corrected chi connectivity index (χ2v) is 6.51. The normalized spacial score (nSPS) is 16.4. The molecule has 0 unspecified atom stereocenters. The van der Waals surface area contributed by atoms with Gasteiger partial charge >= 0.3 is 0 Å². The molecule has 1 fully saturated rings. The van der Waals surface area contributed by atoms with E-state index in [4.69, 9.17) is 13.7 Å². The molecule has 0 bridgehead atoms. The zero-order valence-corrected chi connectivity index (χ0v) is 13.9. The smallest absolute Gasteiger partial charge is 0.293 e. The van der Waals surface area contributed by atoms with Crippen molar-refractivity contribution in [2.24, 2.45) is 0 Å². The summed E-state index contributed by atoms with van der Waals surface area (Å²) in [7, 11) is 1.64. The lowest BCUT2D eigenvalue weighted by Gasteiger charge is -2.37. The third-order valence-corrected chi connectivity index (χ3v) is 4.78. The van der Waals surface area contributed by atoms with E-state index in [0.717, 1.165) is 23.7 Å². The maximum atomic E-state index is 12.3. The van der Waals surface area contributed by atoms with Gasteiger partial charge in [0.05, 0.1) is 5.39 Å². The topological polar surface area (TPSA) is 78.4 Å². The van der Waals surface area contributed by atoms with E-state index < -0.39 is 5.60 Å². The monoisotopic (exact) mass is 376 g/mol. The van der Waals surface area contributed by atoms with Gasteiger partial charge in [-0.3, -0.25) is 4.79 Å². The van der Waals surface area contributed by atoms with E-state index in [1.165, 1.54) is 6.07 Å². The molecule has 23 heavy (non-hydrogen) atoms. The number of nitrogens with zero attached hydrogens (tertiary/aromatic N) is 2. The van der Waals surface area contributed by atoms with Crippen LogP contribution in [0.2, 0.25) is 0 Å². The van der Waals surface area contributed by atoms with Crippen molar-refractivity contribution >= 4 is 26.9 Å². The van der Waals surface area contributed by atoms with Crippen molar-refractivity contribution < 1.29 is 13.7 Å². The second-order valence-electron chi connectivity index (χ2n) is 5.59. The van der Waals surface area contributed by atoms with Crippen LogP contribution < -0.4 is 5.43 Å². The number of aromatic nitrogens is 2. The number of ether oxygens (including phenoxy) is 1. The van der Waals surface area contributed by atoms with Crippen molar-refractivity contribution in [1.82, 2.24) is 10.1 Å². The molecule has 0 aliphatic heterocycles. The van der Waals surface area contributed by atoms with Crippen LogP contribution in [-0.4, -0.2) is 17.3 Å². The molecule has 2 aromatic heterocycles. The molecule has 1 aliphatic rings. The summed E-state index contributed by atoms with van der Waals surface area (Å²) in [6.07, 6.45) is 2.79. The number of fused-ring (bicyclic) bond motifs is 1. The quantitative estimate of drug-likeness (QED) is 0.694. The Kier molecular flexibility index (Phi) is 3.35. The molecule has 7 heteroatoms. The first-order valence-corrected chi connectivity index (χ1v) is 8.04. The Morgan fingerprint density at radius 1 is 1.30 bits per heavy atom. The van der Waals surface area contributed by atoms with Crippen LogP contribution in [0.15, 0.2) is 42.5 Å². The van der Waals surface area contributed by atoms with Gasteiger partial charge in [-0.2, -0.15) is 4.98 Å². The number of halogens is 1. The molecule has 0 radical (unpaired) electrons. The summed E-state index contributed by atoms with van der Waals surface area (Å²) in [5.74, 6) is 0.944. The second kappa shape index (κ2) is 5.28. The molecular formula is C16H13BrN2O4. The van der Waals surface area contributed by atoms with Gasteiger partial charge in [-0.05, 0) is 37.5 Å². The molecule has 4 rings (SSSR count). The molecule has 2 heterocycles. The number of hydrogen-bond donors (Lipinski definition) is 0. The van der Waals surface area contributed by atoms with E-state index in [1.807, 2.05) is 6.07 Å². The van der Waals surface area contributed by atoms with E-state index in [2.05, 4.69) is 26.1 Å². The van der Waals surface area contributed by atoms with E-state index in [-0.39, 0.29) is 17.1 Å². The Morgan fingerprint density at radius 2 is 2.13 bits per heavy atom. The van der Waals surface area contributed by atoms with Crippen LogP contribution in [0.4, 0.5) is 0 Å². The van der Waals surface area contributed by atoms with Gasteiger partial charge in [0.15, 0.2) is 11.2 Å². The highest BCUT2D eigenvalue weighted by Crippen LogP contribution is 2.43. The van der Waals surface area contributed by atoms with Crippen molar-refractivity contribution in [2.45, 2.75) is 24.9 Å². The molecule has 118 valence electrons. The summed E-state index contributed by atoms with van der Waals surface area (Å²) in [6, 6.07) is 6.62. The number of rotatable bonds is 3. The van der Waals surface area contributed by atoms with Gasteiger partial charge in [0.2, 0.25) is 5.82 Å². The van der Waals surface area contributed by atoms with E-state index >= 15 is 0 Å². The Balaban J connectivity index is 1.79. The van der Waals surface area contributed by atoms with Crippen LogP contribution >= 0.6 is 15.9 Å². The maximum absolute atomic E-state index is 12.3. The first-order valence-electron chi connectivity index (χ1n) is 7.24. The molecule has 0 N–H and O–H groups in total. The third-order valence-electron chi connectivity index (χ3n) is 4.29. The fourth-order valence-corrected chi connectivity index (χ4v) is 3.12. The van der Waals surface area contributed by atoms with Crippen LogP contribution in [0.5, 0.6) is 0 Å². The van der Waals surface area contributed by atoms with Crippen LogP contribution in [-0.2, 0) is 10.3 Å². The highest BCUT2D eigenvalue weighted by molar-refractivity contribution is 9.10. The molecule has 1 saturated carbocycles. The highest BCUT2D eigenvalue weighted by atomic mass is 79.9. The van der Waals surface area contributed by atoms with Crippen LogP contribution in [0.3, 0.4) is 0 Å². The molecule has 6 nitrogen and oxygen atoms in total. The van der Waals surface area contributed by atoms with Gasteiger partial charge in [-0.15, -0.1) is 0 Å². The highest BCUT2D eigenvalue weighted by Gasteiger charge is 2.43. The number of hydrogen-bond acceptors (Lipinski definition) is 6. The standard InChI is InChI=1S/C16H13BrN2O4/c1-21-16(5-2-6-16)15-18-14(23-19-15)13-8-11(20)10-7-9(17)3-4-12(10)22-13/h3-4,7-8H,2,5-6H2,1H3. The maximum Gasteiger partial charge on any atom is 0.293 e. The summed E-state index contributed by atoms with van der Waals surface area (Å²) < 4.78 is 17.4. The largest absolute Gasteiger partial charge is 0.451 e. The molecule has 1 aromatic carbocycles. The molecule has 0 amide bonds. The van der Waals surface area contributed by atoms with Crippen LogP contribution in [0.25, 0.3) is 22.6 Å². The number of methoxy groups -OCH3 is 1. The summed E-state index contributed by atoms with van der Waals surface area (Å²) in [5.41, 5.74) is -0.156. The Morgan fingerprint density at radius 3 is 2.83 bits per heavy atom.